The number of carbonyl (C=O) groups is 1. The normalized spacial score (nSPS) is 18.7. The standard InChI is InChI=1S/C16H28N4O/c1-11(16-12(2)18-20(5)13(16)3)17-15(21)10-14-6-8-19(4)9-7-14/h11,14H,6-10H2,1-5H3,(H,17,21). The third-order valence-corrected chi connectivity index (χ3v) is 4.69. The summed E-state index contributed by atoms with van der Waals surface area (Å²) in [7, 11) is 4.09. The molecule has 1 aliphatic heterocycles. The van der Waals surface area contributed by atoms with Gasteiger partial charge >= 0.3 is 0 Å². The number of nitrogens with zero attached hydrogens (tertiary/aromatic N) is 3. The molecule has 1 amide bonds. The second-order valence-electron chi connectivity index (χ2n) is 6.45. The van der Waals surface area contributed by atoms with Gasteiger partial charge in [-0.2, -0.15) is 5.10 Å². The SMILES string of the molecule is Cc1nn(C)c(C)c1C(C)NC(=O)CC1CCN(C)CC1. The first-order valence-corrected chi connectivity index (χ1v) is 7.86. The highest BCUT2D eigenvalue weighted by atomic mass is 16.1. The van der Waals surface area contributed by atoms with Crippen LogP contribution < -0.4 is 5.32 Å². The largest absolute Gasteiger partial charge is 0.349 e. The van der Waals surface area contributed by atoms with E-state index >= 15 is 0 Å². The van der Waals surface area contributed by atoms with Gasteiger partial charge in [0.15, 0.2) is 0 Å². The van der Waals surface area contributed by atoms with Crippen LogP contribution in [0.4, 0.5) is 0 Å². The summed E-state index contributed by atoms with van der Waals surface area (Å²) in [4.78, 5) is 14.6. The van der Waals surface area contributed by atoms with Gasteiger partial charge < -0.3 is 10.2 Å². The third-order valence-electron chi connectivity index (χ3n) is 4.69. The minimum absolute atomic E-state index is 0.0254. The van der Waals surface area contributed by atoms with E-state index in [-0.39, 0.29) is 11.9 Å². The Morgan fingerprint density at radius 1 is 1.33 bits per heavy atom. The zero-order valence-corrected chi connectivity index (χ0v) is 13.9. The molecule has 1 N–H and O–H groups in total. The van der Waals surface area contributed by atoms with Crippen molar-refractivity contribution < 1.29 is 4.79 Å². The predicted molar refractivity (Wildman–Crippen MR) is 84.1 cm³/mol. The summed E-state index contributed by atoms with van der Waals surface area (Å²) in [5, 5.41) is 7.57. The van der Waals surface area contributed by atoms with Gasteiger partial charge in [-0.1, -0.05) is 0 Å². The van der Waals surface area contributed by atoms with Gasteiger partial charge in [0.2, 0.25) is 5.91 Å². The number of hydrogen-bond donors (Lipinski definition) is 1. The van der Waals surface area contributed by atoms with Gasteiger partial charge in [-0.15, -0.1) is 0 Å². The van der Waals surface area contributed by atoms with E-state index < -0.39 is 0 Å². The van der Waals surface area contributed by atoms with Crippen LogP contribution in [0.15, 0.2) is 0 Å². The Morgan fingerprint density at radius 3 is 2.48 bits per heavy atom. The lowest BCUT2D eigenvalue weighted by Gasteiger charge is -2.28. The Morgan fingerprint density at radius 2 is 1.95 bits per heavy atom. The van der Waals surface area contributed by atoms with Crippen molar-refractivity contribution in [3.05, 3.63) is 17.0 Å². The molecule has 0 radical (unpaired) electrons. The molecule has 2 heterocycles. The molecule has 5 heteroatoms. The molecular weight excluding hydrogens is 264 g/mol. The van der Waals surface area contributed by atoms with E-state index in [1.54, 1.807) is 0 Å². The van der Waals surface area contributed by atoms with E-state index in [4.69, 9.17) is 0 Å². The summed E-state index contributed by atoms with van der Waals surface area (Å²) >= 11 is 0. The molecular formula is C16H28N4O. The molecule has 0 bridgehead atoms. The topological polar surface area (TPSA) is 50.2 Å². The van der Waals surface area contributed by atoms with Gasteiger partial charge in [-0.05, 0) is 59.7 Å². The maximum absolute atomic E-state index is 12.3. The zero-order chi connectivity index (χ0) is 15.6. The lowest BCUT2D eigenvalue weighted by atomic mass is 9.93. The van der Waals surface area contributed by atoms with Crippen LogP contribution in [-0.4, -0.2) is 40.7 Å². The van der Waals surface area contributed by atoms with E-state index in [0.717, 1.165) is 42.9 Å². The first-order valence-electron chi connectivity index (χ1n) is 7.86. The molecule has 118 valence electrons. The molecule has 1 saturated heterocycles. The summed E-state index contributed by atoms with van der Waals surface area (Å²) in [5.74, 6) is 0.698. The van der Waals surface area contributed by atoms with Crippen LogP contribution in [0.25, 0.3) is 0 Å². The number of hydrogen-bond acceptors (Lipinski definition) is 3. The molecule has 1 unspecified atom stereocenters. The van der Waals surface area contributed by atoms with Crippen molar-refractivity contribution in [2.24, 2.45) is 13.0 Å². The number of rotatable bonds is 4. The molecule has 1 aromatic rings. The molecule has 1 fully saturated rings. The monoisotopic (exact) mass is 292 g/mol. The van der Waals surface area contributed by atoms with E-state index in [2.05, 4.69) is 29.3 Å². The molecule has 5 nitrogen and oxygen atoms in total. The summed E-state index contributed by atoms with van der Waals surface area (Å²) in [6, 6.07) is 0.0254. The van der Waals surface area contributed by atoms with Gasteiger partial charge in [0, 0.05) is 24.7 Å². The van der Waals surface area contributed by atoms with Crippen molar-refractivity contribution in [3.8, 4) is 0 Å². The number of likely N-dealkylation sites (tertiary alicyclic amines) is 1. The number of aromatic nitrogens is 2. The van der Waals surface area contributed by atoms with Crippen LogP contribution >= 0.6 is 0 Å². The van der Waals surface area contributed by atoms with Gasteiger partial charge in [0.1, 0.15) is 0 Å². The van der Waals surface area contributed by atoms with Crippen molar-refractivity contribution in [3.63, 3.8) is 0 Å². The number of carbonyl (C=O) groups excluding carboxylic acids is 1. The lowest BCUT2D eigenvalue weighted by Crippen LogP contribution is -2.34. The van der Waals surface area contributed by atoms with Crippen LogP contribution in [0.2, 0.25) is 0 Å². The van der Waals surface area contributed by atoms with Crippen LogP contribution in [-0.2, 0) is 11.8 Å². The van der Waals surface area contributed by atoms with Crippen molar-refractivity contribution in [2.75, 3.05) is 20.1 Å². The van der Waals surface area contributed by atoms with Gasteiger partial charge in [0.05, 0.1) is 11.7 Å². The smallest absolute Gasteiger partial charge is 0.220 e. The predicted octanol–water partition coefficient (Wildman–Crippen LogP) is 1.95. The van der Waals surface area contributed by atoms with Crippen LogP contribution in [0.1, 0.15) is 49.2 Å². The number of amides is 1. The highest BCUT2D eigenvalue weighted by molar-refractivity contribution is 5.76. The first-order chi connectivity index (χ1) is 9.88. The van der Waals surface area contributed by atoms with Gasteiger partial charge in [0.25, 0.3) is 0 Å². The fourth-order valence-electron chi connectivity index (χ4n) is 3.32. The average Bonchev–Trinajstić information content (AvgIpc) is 2.66. The Balaban J connectivity index is 1.90. The van der Waals surface area contributed by atoms with Crippen LogP contribution in [0, 0.1) is 19.8 Å². The Hall–Kier alpha value is -1.36. The van der Waals surface area contributed by atoms with Crippen molar-refractivity contribution in [1.82, 2.24) is 20.0 Å². The van der Waals surface area contributed by atoms with Crippen LogP contribution in [0.5, 0.6) is 0 Å². The molecule has 21 heavy (non-hydrogen) atoms. The second kappa shape index (κ2) is 6.60. The molecule has 0 saturated carbocycles. The fourth-order valence-corrected chi connectivity index (χ4v) is 3.32. The summed E-state index contributed by atoms with van der Waals surface area (Å²) in [6.45, 7) is 8.31. The van der Waals surface area contributed by atoms with E-state index in [9.17, 15) is 4.79 Å². The highest BCUT2D eigenvalue weighted by Crippen LogP contribution is 2.23. The third kappa shape index (κ3) is 3.84. The Bertz CT molecular complexity index is 501. The van der Waals surface area contributed by atoms with Crippen molar-refractivity contribution >= 4 is 5.91 Å². The molecule has 0 aromatic carbocycles. The van der Waals surface area contributed by atoms with Gasteiger partial charge in [-0.3, -0.25) is 9.48 Å². The molecule has 0 aliphatic carbocycles. The highest BCUT2D eigenvalue weighted by Gasteiger charge is 2.22. The summed E-state index contributed by atoms with van der Waals surface area (Å²) in [6.07, 6.45) is 2.91. The Labute approximate surface area is 127 Å². The van der Waals surface area contributed by atoms with Gasteiger partial charge in [-0.25, -0.2) is 0 Å². The lowest BCUT2D eigenvalue weighted by molar-refractivity contribution is -0.123. The Kier molecular flexibility index (Phi) is 5.04. The zero-order valence-electron chi connectivity index (χ0n) is 13.9. The minimum Gasteiger partial charge on any atom is -0.349 e. The van der Waals surface area contributed by atoms with E-state index in [1.165, 1.54) is 0 Å². The maximum atomic E-state index is 12.3. The summed E-state index contributed by atoms with van der Waals surface area (Å²) < 4.78 is 1.88. The minimum atomic E-state index is 0.0254. The van der Waals surface area contributed by atoms with Crippen molar-refractivity contribution in [2.45, 2.75) is 46.1 Å². The molecule has 1 aliphatic rings. The molecule has 1 atom stereocenters. The van der Waals surface area contributed by atoms with E-state index in [0.29, 0.717) is 12.3 Å². The molecule has 0 spiro atoms. The van der Waals surface area contributed by atoms with Crippen molar-refractivity contribution in [1.29, 1.82) is 0 Å². The van der Waals surface area contributed by atoms with Crippen LogP contribution in [0.3, 0.4) is 0 Å². The average molecular weight is 292 g/mol. The summed E-state index contributed by atoms with van der Waals surface area (Å²) in [5.41, 5.74) is 3.27. The fraction of sp³-hybridized carbons (Fsp3) is 0.750. The van der Waals surface area contributed by atoms with E-state index in [1.807, 2.05) is 25.6 Å². The first kappa shape index (κ1) is 16.0. The quantitative estimate of drug-likeness (QED) is 0.923. The number of aryl methyl sites for hydroxylation is 2. The number of piperidine rings is 1. The second-order valence-corrected chi connectivity index (χ2v) is 6.45. The number of nitrogens with one attached hydrogen (secondary N) is 1. The molecule has 1 aromatic heterocycles. The maximum Gasteiger partial charge on any atom is 0.220 e. The molecule has 2 rings (SSSR count).